The molecule has 3 heteroatoms. The lowest BCUT2D eigenvalue weighted by Crippen LogP contribution is -2.43. The highest BCUT2D eigenvalue weighted by Crippen LogP contribution is 2.21. The minimum absolute atomic E-state index is 0.326. The van der Waals surface area contributed by atoms with Gasteiger partial charge in [0, 0.05) is 30.9 Å². The summed E-state index contributed by atoms with van der Waals surface area (Å²) in [7, 11) is 0. The lowest BCUT2D eigenvalue weighted by molar-refractivity contribution is 0.0713. The number of ether oxygens (including phenoxy) is 1. The average molecular weight is 276 g/mol. The molecule has 1 aliphatic heterocycles. The SMILES string of the molecule is Cc1cccc(OC2CCN([C@@H](C)CC(C)C)CC2)n1. The number of hydrogen-bond donors (Lipinski definition) is 0. The van der Waals surface area contributed by atoms with Crippen molar-refractivity contribution in [2.75, 3.05) is 13.1 Å². The molecule has 1 aliphatic rings. The van der Waals surface area contributed by atoms with Crippen LogP contribution in [0.5, 0.6) is 5.88 Å². The second kappa shape index (κ2) is 7.07. The summed E-state index contributed by atoms with van der Waals surface area (Å²) in [5.41, 5.74) is 1.02. The fourth-order valence-electron chi connectivity index (χ4n) is 3.02. The highest BCUT2D eigenvalue weighted by Gasteiger charge is 2.24. The van der Waals surface area contributed by atoms with Gasteiger partial charge >= 0.3 is 0 Å². The molecule has 1 saturated heterocycles. The van der Waals surface area contributed by atoms with Crippen molar-refractivity contribution in [2.24, 2.45) is 5.92 Å². The monoisotopic (exact) mass is 276 g/mol. The van der Waals surface area contributed by atoms with Crippen LogP contribution in [0.15, 0.2) is 18.2 Å². The Kier molecular flexibility index (Phi) is 5.41. The first-order chi connectivity index (χ1) is 9.54. The van der Waals surface area contributed by atoms with Crippen LogP contribution in [0.3, 0.4) is 0 Å². The number of nitrogens with zero attached hydrogens (tertiary/aromatic N) is 2. The number of aromatic nitrogens is 1. The maximum absolute atomic E-state index is 6.01. The number of piperidine rings is 1. The van der Waals surface area contributed by atoms with Crippen molar-refractivity contribution >= 4 is 0 Å². The van der Waals surface area contributed by atoms with Gasteiger partial charge in [0.15, 0.2) is 0 Å². The van der Waals surface area contributed by atoms with Gasteiger partial charge in [-0.3, -0.25) is 0 Å². The molecule has 1 atom stereocenters. The second-order valence-corrected chi connectivity index (χ2v) is 6.45. The third-order valence-electron chi connectivity index (χ3n) is 4.06. The summed E-state index contributed by atoms with van der Waals surface area (Å²) in [5.74, 6) is 1.55. The summed E-state index contributed by atoms with van der Waals surface area (Å²) in [6.07, 6.45) is 3.83. The molecule has 0 saturated carbocycles. The van der Waals surface area contributed by atoms with Crippen LogP contribution >= 0.6 is 0 Å². The molecule has 0 aliphatic carbocycles. The molecule has 3 nitrogen and oxygen atoms in total. The standard InChI is InChI=1S/C17H28N2O/c1-13(2)12-15(4)19-10-8-16(9-11-19)20-17-7-5-6-14(3)18-17/h5-7,13,15-16H,8-12H2,1-4H3/t15-/m0/s1. The lowest BCUT2D eigenvalue weighted by atomic mass is 10.00. The Bertz CT molecular complexity index is 411. The molecule has 0 aromatic carbocycles. The van der Waals surface area contributed by atoms with Gasteiger partial charge in [-0.15, -0.1) is 0 Å². The molecular weight excluding hydrogens is 248 g/mol. The molecular formula is C17H28N2O. The van der Waals surface area contributed by atoms with Crippen LogP contribution in [0.4, 0.5) is 0 Å². The molecule has 1 aromatic heterocycles. The van der Waals surface area contributed by atoms with Crippen LogP contribution in [0.2, 0.25) is 0 Å². The third kappa shape index (κ3) is 4.48. The predicted octanol–water partition coefficient (Wildman–Crippen LogP) is 3.67. The van der Waals surface area contributed by atoms with Crippen LogP contribution in [0, 0.1) is 12.8 Å². The van der Waals surface area contributed by atoms with Crippen molar-refractivity contribution in [1.29, 1.82) is 0 Å². The molecule has 0 amide bonds. The zero-order valence-electron chi connectivity index (χ0n) is 13.3. The molecule has 0 bridgehead atoms. The van der Waals surface area contributed by atoms with Crippen LogP contribution in [0.1, 0.15) is 45.7 Å². The summed E-state index contributed by atoms with van der Waals surface area (Å²) in [5, 5.41) is 0. The van der Waals surface area contributed by atoms with E-state index >= 15 is 0 Å². The lowest BCUT2D eigenvalue weighted by Gasteiger charge is -2.36. The quantitative estimate of drug-likeness (QED) is 0.820. The van der Waals surface area contributed by atoms with Crippen LogP contribution in [-0.2, 0) is 0 Å². The highest BCUT2D eigenvalue weighted by atomic mass is 16.5. The van der Waals surface area contributed by atoms with E-state index in [4.69, 9.17) is 4.74 Å². The van der Waals surface area contributed by atoms with Crippen molar-refractivity contribution in [3.8, 4) is 5.88 Å². The molecule has 2 rings (SSSR count). The van der Waals surface area contributed by atoms with Crippen molar-refractivity contribution in [2.45, 2.75) is 59.1 Å². The maximum atomic E-state index is 6.01. The Morgan fingerprint density at radius 3 is 2.55 bits per heavy atom. The third-order valence-corrected chi connectivity index (χ3v) is 4.06. The smallest absolute Gasteiger partial charge is 0.213 e. The van der Waals surface area contributed by atoms with E-state index in [1.807, 2.05) is 25.1 Å². The molecule has 0 N–H and O–H groups in total. The van der Waals surface area contributed by atoms with E-state index in [1.165, 1.54) is 6.42 Å². The van der Waals surface area contributed by atoms with E-state index in [1.54, 1.807) is 0 Å². The largest absolute Gasteiger partial charge is 0.474 e. The van der Waals surface area contributed by atoms with Crippen molar-refractivity contribution in [1.82, 2.24) is 9.88 Å². The first-order valence-corrected chi connectivity index (χ1v) is 7.89. The zero-order chi connectivity index (χ0) is 14.5. The van der Waals surface area contributed by atoms with E-state index in [9.17, 15) is 0 Å². The molecule has 2 heterocycles. The molecule has 0 spiro atoms. The van der Waals surface area contributed by atoms with E-state index in [0.717, 1.165) is 43.4 Å². The summed E-state index contributed by atoms with van der Waals surface area (Å²) in [6.45, 7) is 11.2. The van der Waals surface area contributed by atoms with Crippen LogP contribution < -0.4 is 4.74 Å². The first kappa shape index (κ1) is 15.3. The minimum Gasteiger partial charge on any atom is -0.474 e. The van der Waals surface area contributed by atoms with E-state index in [-0.39, 0.29) is 0 Å². The molecule has 1 aromatic rings. The Morgan fingerprint density at radius 1 is 1.25 bits per heavy atom. The predicted molar refractivity (Wildman–Crippen MR) is 83.1 cm³/mol. The van der Waals surface area contributed by atoms with Gasteiger partial charge < -0.3 is 9.64 Å². The molecule has 0 radical (unpaired) electrons. The van der Waals surface area contributed by atoms with Crippen LogP contribution in [0.25, 0.3) is 0 Å². The number of rotatable bonds is 5. The number of hydrogen-bond acceptors (Lipinski definition) is 3. The fraction of sp³-hybridized carbons (Fsp3) is 0.706. The number of likely N-dealkylation sites (tertiary alicyclic amines) is 1. The van der Waals surface area contributed by atoms with Gasteiger partial charge in [-0.1, -0.05) is 19.9 Å². The van der Waals surface area contributed by atoms with Crippen molar-refractivity contribution in [3.05, 3.63) is 23.9 Å². The van der Waals surface area contributed by atoms with Crippen molar-refractivity contribution < 1.29 is 4.74 Å². The Balaban J connectivity index is 1.79. The normalized spacial score (nSPS) is 19.2. The summed E-state index contributed by atoms with van der Waals surface area (Å²) in [4.78, 5) is 7.03. The average Bonchev–Trinajstić information content (AvgIpc) is 2.38. The van der Waals surface area contributed by atoms with Gasteiger partial charge in [0.05, 0.1) is 0 Å². The summed E-state index contributed by atoms with van der Waals surface area (Å²) >= 11 is 0. The van der Waals surface area contributed by atoms with Gasteiger partial charge in [-0.2, -0.15) is 0 Å². The first-order valence-electron chi connectivity index (χ1n) is 7.89. The second-order valence-electron chi connectivity index (χ2n) is 6.45. The van der Waals surface area contributed by atoms with Gasteiger partial charge in [0.1, 0.15) is 6.10 Å². The summed E-state index contributed by atoms with van der Waals surface area (Å²) in [6, 6.07) is 6.66. The topological polar surface area (TPSA) is 25.4 Å². The van der Waals surface area contributed by atoms with Gasteiger partial charge in [0.2, 0.25) is 5.88 Å². The van der Waals surface area contributed by atoms with Crippen LogP contribution in [-0.4, -0.2) is 35.1 Å². The number of aryl methyl sites for hydroxylation is 1. The fourth-order valence-corrected chi connectivity index (χ4v) is 3.02. The van der Waals surface area contributed by atoms with Gasteiger partial charge in [-0.05, 0) is 45.1 Å². The van der Waals surface area contributed by atoms with E-state index in [0.29, 0.717) is 12.1 Å². The van der Waals surface area contributed by atoms with Gasteiger partial charge in [0.25, 0.3) is 0 Å². The zero-order valence-corrected chi connectivity index (χ0v) is 13.3. The Morgan fingerprint density at radius 2 is 1.95 bits per heavy atom. The van der Waals surface area contributed by atoms with Gasteiger partial charge in [-0.25, -0.2) is 4.98 Å². The molecule has 20 heavy (non-hydrogen) atoms. The van der Waals surface area contributed by atoms with E-state index in [2.05, 4.69) is 30.7 Å². The number of pyridine rings is 1. The Hall–Kier alpha value is -1.09. The minimum atomic E-state index is 0.326. The molecule has 112 valence electrons. The molecule has 0 unspecified atom stereocenters. The van der Waals surface area contributed by atoms with Crippen molar-refractivity contribution in [3.63, 3.8) is 0 Å². The maximum Gasteiger partial charge on any atom is 0.213 e. The molecule has 1 fully saturated rings. The summed E-state index contributed by atoms with van der Waals surface area (Å²) < 4.78 is 6.01. The highest BCUT2D eigenvalue weighted by molar-refractivity contribution is 5.15. The van der Waals surface area contributed by atoms with E-state index < -0.39 is 0 Å². The Labute approximate surface area is 123 Å².